The van der Waals surface area contributed by atoms with Crippen LogP contribution < -0.4 is 14.8 Å². The molecule has 4 aromatic rings. The van der Waals surface area contributed by atoms with Gasteiger partial charge in [-0.3, -0.25) is 4.79 Å². The third-order valence-electron chi connectivity index (χ3n) is 5.73. The van der Waals surface area contributed by atoms with E-state index >= 15 is 0 Å². The van der Waals surface area contributed by atoms with Crippen LogP contribution in [0.5, 0.6) is 11.5 Å². The fourth-order valence-corrected chi connectivity index (χ4v) is 4.54. The molecule has 1 amide bonds. The van der Waals surface area contributed by atoms with Crippen LogP contribution >= 0.6 is 27.5 Å². The highest BCUT2D eigenvalue weighted by molar-refractivity contribution is 9.10. The van der Waals surface area contributed by atoms with E-state index in [1.807, 2.05) is 66.9 Å². The first-order valence-electron chi connectivity index (χ1n) is 10.8. The van der Waals surface area contributed by atoms with Gasteiger partial charge in [-0.15, -0.1) is 0 Å². The predicted octanol–water partition coefficient (Wildman–Crippen LogP) is 6.06. The Morgan fingerprint density at radius 1 is 1.14 bits per heavy atom. The summed E-state index contributed by atoms with van der Waals surface area (Å²) in [5, 5.41) is 14.2. The molecule has 0 bridgehead atoms. The second-order valence-electron chi connectivity index (χ2n) is 8.01. The minimum atomic E-state index is -0.452. The number of ether oxygens (including phenoxy) is 2. The molecule has 0 saturated heterocycles. The number of aromatic nitrogens is 1. The van der Waals surface area contributed by atoms with Crippen LogP contribution in [0.25, 0.3) is 17.0 Å². The normalized spacial score (nSPS) is 12.5. The fraction of sp³-hybridized carbons (Fsp3) is 0.111. The van der Waals surface area contributed by atoms with E-state index in [2.05, 4.69) is 25.8 Å². The van der Waals surface area contributed by atoms with Crippen LogP contribution in [0, 0.1) is 11.3 Å². The number of fused-ring (bicyclic) bond motifs is 2. The van der Waals surface area contributed by atoms with Gasteiger partial charge in [-0.1, -0.05) is 51.8 Å². The van der Waals surface area contributed by atoms with Gasteiger partial charge in [-0.25, -0.2) is 0 Å². The number of hydrogen-bond acceptors (Lipinski definition) is 4. The topological polar surface area (TPSA) is 76.3 Å². The van der Waals surface area contributed by atoms with Crippen molar-refractivity contribution in [2.75, 3.05) is 6.79 Å². The Morgan fingerprint density at radius 3 is 2.80 bits per heavy atom. The van der Waals surface area contributed by atoms with Crippen molar-refractivity contribution in [1.82, 2.24) is 9.88 Å². The van der Waals surface area contributed by atoms with Gasteiger partial charge < -0.3 is 19.4 Å². The smallest absolute Gasteiger partial charge is 0.262 e. The molecule has 1 N–H and O–H groups in total. The Labute approximate surface area is 215 Å². The second-order valence-corrected chi connectivity index (χ2v) is 9.33. The number of nitrogens with one attached hydrogen (secondary N) is 1. The molecule has 8 heteroatoms. The zero-order chi connectivity index (χ0) is 24.4. The molecule has 1 aliphatic rings. The summed E-state index contributed by atoms with van der Waals surface area (Å²) in [6.45, 7) is 1.00. The summed E-state index contributed by atoms with van der Waals surface area (Å²) in [4.78, 5) is 12.8. The highest BCUT2D eigenvalue weighted by Crippen LogP contribution is 2.32. The monoisotopic (exact) mass is 547 g/mol. The number of hydrogen-bond donors (Lipinski definition) is 1. The molecule has 0 aliphatic carbocycles. The first kappa shape index (κ1) is 23.0. The maximum Gasteiger partial charge on any atom is 0.262 e. The third-order valence-corrected chi connectivity index (χ3v) is 6.59. The van der Waals surface area contributed by atoms with Gasteiger partial charge in [0.1, 0.15) is 11.6 Å². The summed E-state index contributed by atoms with van der Waals surface area (Å²) in [7, 11) is 0. The molecule has 0 fully saturated rings. The Bertz CT molecular complexity index is 1520. The minimum Gasteiger partial charge on any atom is -0.454 e. The quantitative estimate of drug-likeness (QED) is 0.235. The maximum absolute atomic E-state index is 12.8. The number of nitriles is 1. The van der Waals surface area contributed by atoms with Gasteiger partial charge in [0.05, 0.1) is 0 Å². The van der Waals surface area contributed by atoms with Crippen LogP contribution in [0.2, 0.25) is 5.02 Å². The Balaban J connectivity index is 1.42. The van der Waals surface area contributed by atoms with E-state index in [-0.39, 0.29) is 18.9 Å². The van der Waals surface area contributed by atoms with Crippen LogP contribution in [0.4, 0.5) is 0 Å². The molecule has 0 radical (unpaired) electrons. The standard InChI is InChI=1S/C27H19BrClN3O3/c28-21-6-7-24-22(11-21)20(15-32(24)14-18-3-1-2-4-23(18)29)10-19(12-30)27(33)31-13-17-5-8-25-26(9-17)35-16-34-25/h1-11,15H,13-14,16H2,(H,31,33)/b19-10+. The molecule has 3 aromatic carbocycles. The van der Waals surface area contributed by atoms with E-state index in [1.54, 1.807) is 12.1 Å². The molecule has 0 saturated carbocycles. The SMILES string of the molecule is N#C/C(=C\c1cn(Cc2ccccc2Cl)c2ccc(Br)cc12)C(=O)NCc1ccc2c(c1)OCO2. The summed E-state index contributed by atoms with van der Waals surface area (Å²) < 4.78 is 13.7. The van der Waals surface area contributed by atoms with Crippen molar-refractivity contribution < 1.29 is 14.3 Å². The molecule has 174 valence electrons. The van der Waals surface area contributed by atoms with Gasteiger partial charge in [0.15, 0.2) is 11.5 Å². The molecule has 1 aromatic heterocycles. The first-order chi connectivity index (χ1) is 17.0. The predicted molar refractivity (Wildman–Crippen MR) is 138 cm³/mol. The van der Waals surface area contributed by atoms with Gasteiger partial charge in [-0.05, 0) is 53.6 Å². The lowest BCUT2D eigenvalue weighted by molar-refractivity contribution is -0.117. The van der Waals surface area contributed by atoms with Crippen LogP contribution in [0.15, 0.2) is 76.9 Å². The van der Waals surface area contributed by atoms with Gasteiger partial charge in [0, 0.05) is 45.2 Å². The largest absolute Gasteiger partial charge is 0.454 e. The summed E-state index contributed by atoms with van der Waals surface area (Å²) in [5.74, 6) is 0.869. The molecule has 0 atom stereocenters. The number of halogens is 2. The number of benzene rings is 3. The number of carbonyl (C=O) groups is 1. The molecule has 1 aliphatic heterocycles. The molecule has 0 unspecified atom stereocenters. The van der Waals surface area contributed by atoms with Crippen LogP contribution in [-0.4, -0.2) is 17.3 Å². The number of rotatable bonds is 6. The van der Waals surface area contributed by atoms with Gasteiger partial charge in [0.2, 0.25) is 6.79 Å². The van der Waals surface area contributed by atoms with Crippen molar-refractivity contribution in [3.8, 4) is 17.6 Å². The average molecular weight is 549 g/mol. The van der Waals surface area contributed by atoms with Crippen LogP contribution in [-0.2, 0) is 17.9 Å². The average Bonchev–Trinajstić information content (AvgIpc) is 3.46. The Hall–Kier alpha value is -3.73. The maximum atomic E-state index is 12.8. The zero-order valence-electron chi connectivity index (χ0n) is 18.4. The van der Waals surface area contributed by atoms with E-state index < -0.39 is 5.91 Å². The van der Waals surface area contributed by atoms with E-state index in [0.717, 1.165) is 32.1 Å². The third kappa shape index (κ3) is 4.90. The molecule has 35 heavy (non-hydrogen) atoms. The van der Waals surface area contributed by atoms with Gasteiger partial charge >= 0.3 is 0 Å². The second kappa shape index (κ2) is 9.87. The van der Waals surface area contributed by atoms with Crippen molar-refractivity contribution in [2.45, 2.75) is 13.1 Å². The van der Waals surface area contributed by atoms with Crippen molar-refractivity contribution in [3.63, 3.8) is 0 Å². The lowest BCUT2D eigenvalue weighted by Crippen LogP contribution is -2.23. The van der Waals surface area contributed by atoms with Crippen LogP contribution in [0.3, 0.4) is 0 Å². The van der Waals surface area contributed by atoms with E-state index in [1.165, 1.54) is 0 Å². The van der Waals surface area contributed by atoms with E-state index in [4.69, 9.17) is 21.1 Å². The molecular formula is C27H19BrClN3O3. The van der Waals surface area contributed by atoms with Crippen LogP contribution in [0.1, 0.15) is 16.7 Å². The highest BCUT2D eigenvalue weighted by atomic mass is 79.9. The van der Waals surface area contributed by atoms with Gasteiger partial charge in [-0.2, -0.15) is 5.26 Å². The summed E-state index contributed by atoms with van der Waals surface area (Å²) in [5.41, 5.74) is 3.58. The minimum absolute atomic E-state index is 0.0162. The highest BCUT2D eigenvalue weighted by Gasteiger charge is 2.16. The van der Waals surface area contributed by atoms with Gasteiger partial charge in [0.25, 0.3) is 5.91 Å². The summed E-state index contributed by atoms with van der Waals surface area (Å²) >= 11 is 9.90. The first-order valence-corrected chi connectivity index (χ1v) is 12.0. The molecule has 2 heterocycles. The summed E-state index contributed by atoms with van der Waals surface area (Å²) in [6.07, 6.45) is 3.55. The molecule has 6 nitrogen and oxygen atoms in total. The lowest BCUT2D eigenvalue weighted by Gasteiger charge is -2.07. The van der Waals surface area contributed by atoms with Crippen molar-refractivity contribution in [3.05, 3.63) is 98.6 Å². The number of carbonyl (C=O) groups excluding carboxylic acids is 1. The van der Waals surface area contributed by atoms with Crippen molar-refractivity contribution in [2.24, 2.45) is 0 Å². The summed E-state index contributed by atoms with van der Waals surface area (Å²) in [6, 6.07) is 21.1. The zero-order valence-corrected chi connectivity index (χ0v) is 20.8. The molecule has 5 rings (SSSR count). The molecule has 0 spiro atoms. The van der Waals surface area contributed by atoms with Crippen molar-refractivity contribution >= 4 is 50.4 Å². The number of amides is 1. The lowest BCUT2D eigenvalue weighted by atomic mass is 10.1. The van der Waals surface area contributed by atoms with Crippen molar-refractivity contribution in [1.29, 1.82) is 5.26 Å². The molecular weight excluding hydrogens is 530 g/mol. The van der Waals surface area contributed by atoms with E-state index in [0.29, 0.717) is 23.1 Å². The number of nitrogens with zero attached hydrogens (tertiary/aromatic N) is 2. The Morgan fingerprint density at radius 2 is 1.97 bits per heavy atom. The van der Waals surface area contributed by atoms with E-state index in [9.17, 15) is 10.1 Å². The fourth-order valence-electron chi connectivity index (χ4n) is 3.99. The Kier molecular flexibility index (Phi) is 6.49.